The van der Waals surface area contributed by atoms with Crippen LogP contribution in [0.5, 0.6) is 0 Å². The number of pyridine rings is 2. The Labute approximate surface area is 145 Å². The monoisotopic (exact) mass is 319 g/mol. The number of aryl methyl sites for hydroxylation is 2. The van der Waals surface area contributed by atoms with Crippen molar-refractivity contribution in [1.82, 2.24) is 4.98 Å². The average molecular weight is 319 g/mol. The second kappa shape index (κ2) is 6.72. The van der Waals surface area contributed by atoms with E-state index in [0.717, 1.165) is 0 Å². The number of rotatable bonds is 4. The van der Waals surface area contributed by atoms with Crippen LogP contribution in [0.4, 0.5) is 0 Å². The zero-order chi connectivity index (χ0) is 17.3. The Morgan fingerprint density at radius 1 is 1.04 bits per heavy atom. The van der Waals surface area contributed by atoms with Crippen LogP contribution in [-0.2, 0) is 7.05 Å². The Morgan fingerprint density at radius 3 is 2.46 bits per heavy atom. The number of benzene rings is 1. The van der Waals surface area contributed by atoms with Crippen molar-refractivity contribution in [3.63, 3.8) is 0 Å². The lowest BCUT2D eigenvalue weighted by molar-refractivity contribution is -0.665. The van der Waals surface area contributed by atoms with Gasteiger partial charge in [-0.25, -0.2) is 0 Å². The van der Waals surface area contributed by atoms with Crippen LogP contribution in [0.3, 0.4) is 0 Å². The highest BCUT2D eigenvalue weighted by molar-refractivity contribution is 5.94. The summed E-state index contributed by atoms with van der Waals surface area (Å²) < 4.78 is 2.29. The number of aromatic nitrogens is 2. The molecule has 0 atom stereocenters. The molecule has 0 amide bonds. The van der Waals surface area contributed by atoms with Gasteiger partial charge in [-0.3, -0.25) is 4.98 Å². The van der Waals surface area contributed by atoms with Crippen LogP contribution in [0.25, 0.3) is 22.0 Å². The first-order valence-electron chi connectivity index (χ1n) is 8.91. The molecular formula is C22H27N2+. The summed E-state index contributed by atoms with van der Waals surface area (Å²) in [7, 11) is 2.15. The lowest BCUT2D eigenvalue weighted by Gasteiger charge is -2.15. The Bertz CT molecular complexity index is 877. The van der Waals surface area contributed by atoms with Gasteiger partial charge in [-0.2, -0.15) is 4.57 Å². The lowest BCUT2D eigenvalue weighted by Crippen LogP contribution is -2.35. The van der Waals surface area contributed by atoms with Crippen molar-refractivity contribution < 1.29 is 4.57 Å². The van der Waals surface area contributed by atoms with Crippen molar-refractivity contribution >= 4 is 10.8 Å². The van der Waals surface area contributed by atoms with E-state index in [1.54, 1.807) is 0 Å². The summed E-state index contributed by atoms with van der Waals surface area (Å²) in [5, 5.41) is 2.65. The van der Waals surface area contributed by atoms with Crippen LogP contribution in [0.15, 0.2) is 42.7 Å². The van der Waals surface area contributed by atoms with Crippen LogP contribution >= 0.6 is 0 Å². The van der Waals surface area contributed by atoms with E-state index in [0.29, 0.717) is 5.92 Å². The van der Waals surface area contributed by atoms with Crippen LogP contribution in [0.2, 0.25) is 0 Å². The molecule has 0 radical (unpaired) electrons. The van der Waals surface area contributed by atoms with Crippen molar-refractivity contribution in [3.8, 4) is 11.3 Å². The second-order valence-electron chi connectivity index (χ2n) is 6.74. The van der Waals surface area contributed by atoms with Crippen molar-refractivity contribution in [2.24, 2.45) is 7.05 Å². The quantitative estimate of drug-likeness (QED) is 0.600. The van der Waals surface area contributed by atoms with E-state index < -0.39 is 0 Å². The van der Waals surface area contributed by atoms with Crippen molar-refractivity contribution in [2.45, 2.75) is 46.5 Å². The molecule has 24 heavy (non-hydrogen) atoms. The fourth-order valence-electron chi connectivity index (χ4n) is 3.67. The molecule has 0 aliphatic rings. The smallest absolute Gasteiger partial charge is 0.220 e. The summed E-state index contributed by atoms with van der Waals surface area (Å²) in [6.45, 7) is 8.87. The summed E-state index contributed by atoms with van der Waals surface area (Å²) in [4.78, 5) is 4.25. The van der Waals surface area contributed by atoms with Gasteiger partial charge in [0.05, 0.1) is 10.9 Å². The predicted octanol–water partition coefficient (Wildman–Crippen LogP) is 5.25. The third-order valence-electron chi connectivity index (χ3n) is 5.29. The maximum absolute atomic E-state index is 4.25. The molecule has 0 fully saturated rings. The average Bonchev–Trinajstić information content (AvgIpc) is 2.58. The number of hydrogen-bond donors (Lipinski definition) is 0. The first-order chi connectivity index (χ1) is 11.6. The highest BCUT2D eigenvalue weighted by atomic mass is 14.9. The van der Waals surface area contributed by atoms with Gasteiger partial charge in [0.2, 0.25) is 5.69 Å². The molecule has 0 saturated heterocycles. The Hall–Kier alpha value is -2.22. The van der Waals surface area contributed by atoms with E-state index in [9.17, 15) is 0 Å². The zero-order valence-corrected chi connectivity index (χ0v) is 15.4. The Morgan fingerprint density at radius 2 is 1.79 bits per heavy atom. The molecule has 2 nitrogen and oxygen atoms in total. The van der Waals surface area contributed by atoms with Gasteiger partial charge < -0.3 is 0 Å². The molecule has 1 aromatic carbocycles. The molecule has 0 aliphatic carbocycles. The normalized spacial score (nSPS) is 11.4. The molecule has 124 valence electrons. The third kappa shape index (κ3) is 2.82. The SMILES string of the molecule is CCC(CC)c1ccc2c(-c3ccncc3C)[n+](C)c(C)cc2c1. The van der Waals surface area contributed by atoms with Crippen molar-refractivity contribution in [1.29, 1.82) is 0 Å². The molecular weight excluding hydrogens is 292 g/mol. The molecule has 0 spiro atoms. The van der Waals surface area contributed by atoms with Gasteiger partial charge in [0.25, 0.3) is 0 Å². The van der Waals surface area contributed by atoms with Gasteiger partial charge in [0.15, 0.2) is 5.69 Å². The summed E-state index contributed by atoms with van der Waals surface area (Å²) >= 11 is 0. The molecule has 2 heterocycles. The lowest BCUT2D eigenvalue weighted by atomic mass is 9.91. The molecule has 0 aliphatic heterocycles. The maximum atomic E-state index is 4.25. The molecule has 0 unspecified atom stereocenters. The summed E-state index contributed by atoms with van der Waals surface area (Å²) in [5.74, 6) is 0.648. The minimum Gasteiger partial charge on any atom is -0.264 e. The van der Waals surface area contributed by atoms with E-state index in [-0.39, 0.29) is 0 Å². The molecule has 0 N–H and O–H groups in total. The first kappa shape index (κ1) is 16.6. The van der Waals surface area contributed by atoms with Crippen LogP contribution in [0, 0.1) is 13.8 Å². The fourth-order valence-corrected chi connectivity index (χ4v) is 3.67. The summed E-state index contributed by atoms with van der Waals surface area (Å²) in [5.41, 5.74) is 6.48. The zero-order valence-electron chi connectivity index (χ0n) is 15.4. The first-order valence-corrected chi connectivity index (χ1v) is 8.91. The Kier molecular flexibility index (Phi) is 4.66. The van der Waals surface area contributed by atoms with Crippen molar-refractivity contribution in [2.75, 3.05) is 0 Å². The predicted molar refractivity (Wildman–Crippen MR) is 101 cm³/mol. The highest BCUT2D eigenvalue weighted by Crippen LogP contribution is 2.31. The molecule has 0 saturated carbocycles. The second-order valence-corrected chi connectivity index (χ2v) is 6.74. The number of nitrogens with zero attached hydrogens (tertiary/aromatic N) is 2. The summed E-state index contributed by atoms with van der Waals surface area (Å²) in [6.07, 6.45) is 6.22. The topological polar surface area (TPSA) is 16.8 Å². The van der Waals surface area contributed by atoms with Gasteiger partial charge >= 0.3 is 0 Å². The van der Waals surface area contributed by atoms with Gasteiger partial charge in [0, 0.05) is 25.4 Å². The van der Waals surface area contributed by atoms with E-state index in [2.05, 4.69) is 74.6 Å². The van der Waals surface area contributed by atoms with E-state index in [4.69, 9.17) is 0 Å². The molecule has 0 bridgehead atoms. The number of hydrogen-bond acceptors (Lipinski definition) is 1. The van der Waals surface area contributed by atoms with Gasteiger partial charge in [-0.05, 0) is 54.3 Å². The Balaban J connectivity index is 2.30. The van der Waals surface area contributed by atoms with E-state index in [1.807, 2.05) is 12.4 Å². The van der Waals surface area contributed by atoms with E-state index >= 15 is 0 Å². The van der Waals surface area contributed by atoms with Gasteiger partial charge in [-0.1, -0.05) is 26.0 Å². The molecule has 3 aromatic rings. The van der Waals surface area contributed by atoms with Gasteiger partial charge in [0.1, 0.15) is 7.05 Å². The highest BCUT2D eigenvalue weighted by Gasteiger charge is 2.20. The van der Waals surface area contributed by atoms with Crippen LogP contribution < -0.4 is 4.57 Å². The largest absolute Gasteiger partial charge is 0.264 e. The van der Waals surface area contributed by atoms with E-state index in [1.165, 1.54) is 51.7 Å². The van der Waals surface area contributed by atoms with Crippen LogP contribution in [0.1, 0.15) is 49.4 Å². The minimum absolute atomic E-state index is 0.648. The number of fused-ring (bicyclic) bond motifs is 1. The van der Waals surface area contributed by atoms with Crippen molar-refractivity contribution in [3.05, 3.63) is 59.5 Å². The standard InChI is InChI=1S/C22H27N2/c1-6-17(7-2)18-8-9-21-19(13-18)12-16(4)24(5)22(21)20-10-11-23-14-15(20)3/h8-14,17H,6-7H2,1-5H3/q+1. The molecule has 3 rings (SSSR count). The van der Waals surface area contributed by atoms with Gasteiger partial charge in [-0.15, -0.1) is 0 Å². The van der Waals surface area contributed by atoms with Crippen LogP contribution in [-0.4, -0.2) is 4.98 Å². The maximum Gasteiger partial charge on any atom is 0.220 e. The summed E-state index contributed by atoms with van der Waals surface area (Å²) in [6, 6.07) is 11.4. The molecule has 2 aromatic heterocycles. The minimum atomic E-state index is 0.648. The fraction of sp³-hybridized carbons (Fsp3) is 0.364. The molecule has 2 heteroatoms. The third-order valence-corrected chi connectivity index (χ3v) is 5.29.